The van der Waals surface area contributed by atoms with Crippen molar-refractivity contribution in [3.63, 3.8) is 0 Å². The molecule has 0 saturated carbocycles. The number of aromatic nitrogens is 3. The van der Waals surface area contributed by atoms with Crippen molar-refractivity contribution in [2.45, 2.75) is 18.9 Å². The largest absolute Gasteiger partial charge is 0.363 e. The first-order valence-corrected chi connectivity index (χ1v) is 6.03. The first-order chi connectivity index (χ1) is 8.57. The lowest BCUT2D eigenvalue weighted by Gasteiger charge is -2.38. The molecular formula is C11H19N5O2. The van der Waals surface area contributed by atoms with Crippen molar-refractivity contribution in [2.75, 3.05) is 26.2 Å². The summed E-state index contributed by atoms with van der Waals surface area (Å²) < 4.78 is 7.17. The zero-order valence-corrected chi connectivity index (χ0v) is 10.8. The van der Waals surface area contributed by atoms with Crippen LogP contribution in [0.4, 0.5) is 0 Å². The summed E-state index contributed by atoms with van der Waals surface area (Å²) in [5, 5.41) is 10.0. The number of carbonyl (C=O) groups excluding carboxylic acids is 1. The zero-order valence-electron chi connectivity index (χ0n) is 10.8. The third kappa shape index (κ3) is 3.51. The Morgan fingerprint density at radius 2 is 2.44 bits per heavy atom. The van der Waals surface area contributed by atoms with E-state index in [2.05, 4.69) is 20.7 Å². The summed E-state index contributed by atoms with van der Waals surface area (Å²) in [5.74, 6) is 0.632. The van der Waals surface area contributed by atoms with Crippen LogP contribution in [0.25, 0.3) is 0 Å². The molecule has 1 aromatic rings. The van der Waals surface area contributed by atoms with Crippen LogP contribution >= 0.6 is 0 Å². The number of carbonyl (C=O) groups is 1. The molecule has 2 heterocycles. The van der Waals surface area contributed by atoms with E-state index < -0.39 is 0 Å². The fraction of sp³-hybridized carbons (Fsp3) is 0.727. The number of hydrogen-bond acceptors (Lipinski definition) is 5. The molecule has 0 radical (unpaired) electrons. The van der Waals surface area contributed by atoms with Crippen LogP contribution < -0.4 is 10.6 Å². The third-order valence-corrected chi connectivity index (χ3v) is 2.87. The van der Waals surface area contributed by atoms with E-state index >= 15 is 0 Å². The lowest BCUT2D eigenvalue weighted by molar-refractivity contribution is -0.135. The highest BCUT2D eigenvalue weighted by molar-refractivity contribution is 5.77. The van der Waals surface area contributed by atoms with Crippen LogP contribution in [-0.4, -0.2) is 52.5 Å². The number of rotatable bonds is 6. The van der Waals surface area contributed by atoms with Crippen LogP contribution in [0.15, 0.2) is 6.33 Å². The normalized spacial score (nSPS) is 17.2. The van der Waals surface area contributed by atoms with Crippen LogP contribution in [0.3, 0.4) is 0 Å². The van der Waals surface area contributed by atoms with Crippen molar-refractivity contribution in [3.8, 4) is 0 Å². The van der Waals surface area contributed by atoms with Gasteiger partial charge in [0.05, 0.1) is 5.60 Å². The SMILES string of the molecule is Cn1cnc(CCNC(=O)COC2(C)CNC2)n1. The topological polar surface area (TPSA) is 81.1 Å². The first-order valence-electron chi connectivity index (χ1n) is 6.03. The van der Waals surface area contributed by atoms with Crippen LogP contribution in [-0.2, 0) is 23.0 Å². The van der Waals surface area contributed by atoms with Gasteiger partial charge in [0, 0.05) is 33.1 Å². The number of ether oxygens (including phenoxy) is 1. The Morgan fingerprint density at radius 1 is 1.67 bits per heavy atom. The molecule has 0 bridgehead atoms. The summed E-state index contributed by atoms with van der Waals surface area (Å²) in [7, 11) is 1.82. The number of nitrogens with zero attached hydrogens (tertiary/aromatic N) is 3. The summed E-state index contributed by atoms with van der Waals surface area (Å²) in [6, 6.07) is 0. The monoisotopic (exact) mass is 253 g/mol. The van der Waals surface area contributed by atoms with Gasteiger partial charge in [0.25, 0.3) is 0 Å². The summed E-state index contributed by atoms with van der Waals surface area (Å²) >= 11 is 0. The third-order valence-electron chi connectivity index (χ3n) is 2.87. The molecular weight excluding hydrogens is 234 g/mol. The zero-order chi connectivity index (χ0) is 13.0. The molecule has 2 rings (SSSR count). The van der Waals surface area contributed by atoms with Gasteiger partial charge in [0.15, 0.2) is 5.82 Å². The number of aryl methyl sites for hydroxylation is 1. The summed E-state index contributed by atoms with van der Waals surface area (Å²) in [6.45, 7) is 4.24. The molecule has 0 spiro atoms. The minimum atomic E-state index is -0.181. The van der Waals surface area contributed by atoms with Crippen molar-refractivity contribution < 1.29 is 9.53 Å². The molecule has 1 aliphatic heterocycles. The summed E-state index contributed by atoms with van der Waals surface area (Å²) in [4.78, 5) is 15.6. The molecule has 0 atom stereocenters. The molecule has 1 saturated heterocycles. The van der Waals surface area contributed by atoms with Gasteiger partial charge in [0.2, 0.25) is 5.91 Å². The van der Waals surface area contributed by atoms with Crippen LogP contribution in [0, 0.1) is 0 Å². The molecule has 2 N–H and O–H groups in total. The second kappa shape index (κ2) is 5.45. The molecule has 1 amide bonds. The second-order valence-electron chi connectivity index (χ2n) is 4.78. The maximum atomic E-state index is 11.5. The molecule has 7 nitrogen and oxygen atoms in total. The Bertz CT molecular complexity index is 413. The van der Waals surface area contributed by atoms with Gasteiger partial charge in [-0.3, -0.25) is 9.48 Å². The molecule has 0 aromatic carbocycles. The Labute approximate surface area is 106 Å². The Morgan fingerprint density at radius 3 is 3.00 bits per heavy atom. The smallest absolute Gasteiger partial charge is 0.246 e. The van der Waals surface area contributed by atoms with Crippen LogP contribution in [0.2, 0.25) is 0 Å². The van der Waals surface area contributed by atoms with Crippen LogP contribution in [0.1, 0.15) is 12.7 Å². The van der Waals surface area contributed by atoms with Crippen LogP contribution in [0.5, 0.6) is 0 Å². The van der Waals surface area contributed by atoms with Gasteiger partial charge in [-0.2, -0.15) is 5.10 Å². The number of nitrogens with one attached hydrogen (secondary N) is 2. The highest BCUT2D eigenvalue weighted by Crippen LogP contribution is 2.14. The first kappa shape index (κ1) is 13.0. The van der Waals surface area contributed by atoms with Gasteiger partial charge in [-0.15, -0.1) is 0 Å². The van der Waals surface area contributed by atoms with E-state index in [-0.39, 0.29) is 18.1 Å². The molecule has 1 aromatic heterocycles. The van der Waals surface area contributed by atoms with Gasteiger partial charge in [0.1, 0.15) is 12.9 Å². The molecule has 1 fully saturated rings. The van der Waals surface area contributed by atoms with E-state index in [0.29, 0.717) is 13.0 Å². The average Bonchev–Trinajstić information content (AvgIpc) is 2.70. The van der Waals surface area contributed by atoms with Crippen molar-refractivity contribution in [2.24, 2.45) is 7.05 Å². The molecule has 1 aliphatic rings. The minimum Gasteiger partial charge on any atom is -0.363 e. The number of amides is 1. The van der Waals surface area contributed by atoms with Gasteiger partial charge in [-0.05, 0) is 6.92 Å². The molecule has 100 valence electrons. The summed E-state index contributed by atoms with van der Waals surface area (Å²) in [5.41, 5.74) is -0.181. The van der Waals surface area contributed by atoms with Crippen molar-refractivity contribution >= 4 is 5.91 Å². The maximum absolute atomic E-state index is 11.5. The van der Waals surface area contributed by atoms with Gasteiger partial charge < -0.3 is 15.4 Å². The van der Waals surface area contributed by atoms with Crippen molar-refractivity contribution in [1.29, 1.82) is 0 Å². The fourth-order valence-corrected chi connectivity index (χ4v) is 1.68. The van der Waals surface area contributed by atoms with Gasteiger partial charge in [-0.1, -0.05) is 0 Å². The van der Waals surface area contributed by atoms with Gasteiger partial charge >= 0.3 is 0 Å². The maximum Gasteiger partial charge on any atom is 0.246 e. The van der Waals surface area contributed by atoms with E-state index in [9.17, 15) is 4.79 Å². The lowest BCUT2D eigenvalue weighted by atomic mass is 10.0. The second-order valence-corrected chi connectivity index (χ2v) is 4.78. The molecule has 0 unspecified atom stereocenters. The lowest BCUT2D eigenvalue weighted by Crippen LogP contribution is -2.59. The van der Waals surface area contributed by atoms with E-state index in [0.717, 1.165) is 18.9 Å². The highest BCUT2D eigenvalue weighted by Gasteiger charge is 2.32. The Hall–Kier alpha value is -1.47. The van der Waals surface area contributed by atoms with Crippen molar-refractivity contribution in [3.05, 3.63) is 12.2 Å². The van der Waals surface area contributed by atoms with E-state index in [1.54, 1.807) is 11.0 Å². The Kier molecular flexibility index (Phi) is 3.93. The van der Waals surface area contributed by atoms with Crippen molar-refractivity contribution in [1.82, 2.24) is 25.4 Å². The quantitative estimate of drug-likeness (QED) is 0.669. The molecule has 18 heavy (non-hydrogen) atoms. The molecule has 7 heteroatoms. The predicted molar refractivity (Wildman–Crippen MR) is 64.9 cm³/mol. The number of hydrogen-bond donors (Lipinski definition) is 2. The van der Waals surface area contributed by atoms with E-state index in [1.807, 2.05) is 14.0 Å². The fourth-order valence-electron chi connectivity index (χ4n) is 1.68. The molecule has 0 aliphatic carbocycles. The van der Waals surface area contributed by atoms with E-state index in [1.165, 1.54) is 0 Å². The average molecular weight is 253 g/mol. The minimum absolute atomic E-state index is 0.0981. The predicted octanol–water partition coefficient (Wildman–Crippen LogP) is -1.15. The van der Waals surface area contributed by atoms with E-state index in [4.69, 9.17) is 4.74 Å². The summed E-state index contributed by atoms with van der Waals surface area (Å²) in [6.07, 6.45) is 2.27. The standard InChI is InChI=1S/C11H19N5O2/c1-11(6-12-7-11)18-5-10(17)13-4-3-9-14-8-16(2)15-9/h8,12H,3-7H2,1-2H3,(H,13,17). The highest BCUT2D eigenvalue weighted by atomic mass is 16.5. The van der Waals surface area contributed by atoms with Gasteiger partial charge in [-0.25, -0.2) is 4.98 Å². The Balaban J connectivity index is 1.60.